The van der Waals surface area contributed by atoms with Crippen LogP contribution in [0, 0.1) is 10.1 Å². The minimum absolute atomic E-state index is 0.0756. The van der Waals surface area contributed by atoms with Crippen molar-refractivity contribution in [1.82, 2.24) is 4.90 Å². The van der Waals surface area contributed by atoms with E-state index in [4.69, 9.17) is 0 Å². The first-order valence-corrected chi connectivity index (χ1v) is 5.30. The number of rotatable bonds is 2. The molecule has 1 fully saturated rings. The van der Waals surface area contributed by atoms with Crippen LogP contribution >= 0.6 is 0 Å². The van der Waals surface area contributed by atoms with Crippen LogP contribution in [0.2, 0.25) is 0 Å². The van der Waals surface area contributed by atoms with Crippen molar-refractivity contribution in [2.45, 2.75) is 12.5 Å². The molecule has 90 valence electrons. The molecule has 6 heteroatoms. The van der Waals surface area contributed by atoms with E-state index in [1.807, 2.05) is 0 Å². The van der Waals surface area contributed by atoms with Gasteiger partial charge in [-0.25, -0.2) is 0 Å². The lowest BCUT2D eigenvalue weighted by atomic mass is 10.1. The molecule has 0 saturated carbocycles. The topological polar surface area (TPSA) is 83.7 Å². The molecule has 1 aliphatic rings. The van der Waals surface area contributed by atoms with Gasteiger partial charge in [-0.1, -0.05) is 12.1 Å². The molecule has 1 unspecified atom stereocenters. The molecule has 0 bridgehead atoms. The maximum atomic E-state index is 12.0. The summed E-state index contributed by atoms with van der Waals surface area (Å²) in [7, 11) is 0. The van der Waals surface area contributed by atoms with Crippen LogP contribution in [-0.4, -0.2) is 40.0 Å². The molecule has 0 aliphatic carbocycles. The van der Waals surface area contributed by atoms with Crippen LogP contribution in [0.4, 0.5) is 5.69 Å². The van der Waals surface area contributed by atoms with Crippen molar-refractivity contribution >= 4 is 11.6 Å². The van der Waals surface area contributed by atoms with E-state index in [0.29, 0.717) is 13.0 Å². The lowest BCUT2D eigenvalue weighted by molar-refractivity contribution is -0.385. The summed E-state index contributed by atoms with van der Waals surface area (Å²) in [6.45, 7) is 0.678. The Hall–Kier alpha value is -1.95. The van der Waals surface area contributed by atoms with Gasteiger partial charge >= 0.3 is 0 Å². The fourth-order valence-electron chi connectivity index (χ4n) is 1.91. The number of hydrogen-bond donors (Lipinski definition) is 1. The van der Waals surface area contributed by atoms with Crippen LogP contribution in [0.3, 0.4) is 0 Å². The average Bonchev–Trinajstić information content (AvgIpc) is 2.75. The van der Waals surface area contributed by atoms with Crippen molar-refractivity contribution in [3.63, 3.8) is 0 Å². The van der Waals surface area contributed by atoms with Gasteiger partial charge in [0.1, 0.15) is 5.56 Å². The van der Waals surface area contributed by atoms with Crippen molar-refractivity contribution in [2.75, 3.05) is 13.1 Å². The van der Waals surface area contributed by atoms with Gasteiger partial charge in [0.15, 0.2) is 0 Å². The molecule has 1 heterocycles. The van der Waals surface area contributed by atoms with Gasteiger partial charge in [0, 0.05) is 19.2 Å². The van der Waals surface area contributed by atoms with Crippen molar-refractivity contribution in [2.24, 2.45) is 0 Å². The van der Waals surface area contributed by atoms with E-state index < -0.39 is 16.9 Å². The van der Waals surface area contributed by atoms with Gasteiger partial charge in [0.05, 0.1) is 11.0 Å². The molecule has 1 saturated heterocycles. The summed E-state index contributed by atoms with van der Waals surface area (Å²) in [5.41, 5.74) is -0.120. The zero-order valence-electron chi connectivity index (χ0n) is 9.07. The zero-order chi connectivity index (χ0) is 12.4. The Kier molecular flexibility index (Phi) is 3.06. The molecule has 17 heavy (non-hydrogen) atoms. The quantitative estimate of drug-likeness (QED) is 0.608. The monoisotopic (exact) mass is 236 g/mol. The Morgan fingerprint density at radius 3 is 2.76 bits per heavy atom. The van der Waals surface area contributed by atoms with Crippen LogP contribution < -0.4 is 0 Å². The fraction of sp³-hybridized carbons (Fsp3) is 0.364. The third-order valence-corrected chi connectivity index (χ3v) is 2.78. The molecule has 1 aromatic carbocycles. The van der Waals surface area contributed by atoms with E-state index in [0.717, 1.165) is 0 Å². The highest BCUT2D eigenvalue weighted by Crippen LogP contribution is 2.21. The van der Waals surface area contributed by atoms with Crippen molar-refractivity contribution in [1.29, 1.82) is 0 Å². The summed E-state index contributed by atoms with van der Waals surface area (Å²) < 4.78 is 0. The molecule has 6 nitrogen and oxygen atoms in total. The molecular formula is C11H12N2O4. The SMILES string of the molecule is O=C(c1ccccc1[N+](=O)[O-])N1CCC(O)C1. The number of nitrogens with zero attached hydrogens (tertiary/aromatic N) is 2. The third-order valence-electron chi connectivity index (χ3n) is 2.78. The Labute approximate surface area is 97.6 Å². The molecule has 2 rings (SSSR count). The lowest BCUT2D eigenvalue weighted by Crippen LogP contribution is -2.30. The number of nitro benzene ring substituents is 1. The maximum Gasteiger partial charge on any atom is 0.282 e. The minimum atomic E-state index is -0.570. The largest absolute Gasteiger partial charge is 0.391 e. The Balaban J connectivity index is 2.28. The minimum Gasteiger partial charge on any atom is -0.391 e. The number of carbonyl (C=O) groups excluding carboxylic acids is 1. The summed E-state index contributed by atoms with van der Waals surface area (Å²) in [4.78, 5) is 23.7. The van der Waals surface area contributed by atoms with Crippen molar-refractivity contribution in [3.05, 3.63) is 39.9 Å². The molecule has 1 aliphatic heterocycles. The van der Waals surface area contributed by atoms with Gasteiger partial charge < -0.3 is 10.0 Å². The van der Waals surface area contributed by atoms with E-state index in [9.17, 15) is 20.0 Å². The van der Waals surface area contributed by atoms with E-state index in [1.165, 1.54) is 23.1 Å². The number of para-hydroxylation sites is 1. The van der Waals surface area contributed by atoms with Crippen molar-refractivity contribution in [3.8, 4) is 0 Å². The van der Waals surface area contributed by atoms with Crippen LogP contribution in [0.1, 0.15) is 16.8 Å². The van der Waals surface area contributed by atoms with E-state index in [2.05, 4.69) is 0 Å². The number of carbonyl (C=O) groups is 1. The molecule has 0 spiro atoms. The van der Waals surface area contributed by atoms with Gasteiger partial charge in [0.25, 0.3) is 11.6 Å². The first kappa shape index (κ1) is 11.5. The fourth-order valence-corrected chi connectivity index (χ4v) is 1.91. The highest BCUT2D eigenvalue weighted by atomic mass is 16.6. The number of likely N-dealkylation sites (tertiary alicyclic amines) is 1. The van der Waals surface area contributed by atoms with Crippen LogP contribution in [0.15, 0.2) is 24.3 Å². The van der Waals surface area contributed by atoms with Crippen LogP contribution in [0.5, 0.6) is 0 Å². The van der Waals surface area contributed by atoms with Gasteiger partial charge in [-0.3, -0.25) is 14.9 Å². The summed E-state index contributed by atoms with van der Waals surface area (Å²) in [5, 5.41) is 20.1. The standard InChI is InChI=1S/C11H12N2O4/c14-8-5-6-12(7-8)11(15)9-3-1-2-4-10(9)13(16)17/h1-4,8,14H,5-7H2. The summed E-state index contributed by atoms with van der Waals surface area (Å²) in [6, 6.07) is 5.85. The number of β-amino-alcohol motifs (C(OH)–C–C–N with tert-alkyl or cyclic N) is 1. The van der Waals surface area contributed by atoms with E-state index in [-0.39, 0.29) is 17.8 Å². The van der Waals surface area contributed by atoms with E-state index in [1.54, 1.807) is 6.07 Å². The second-order valence-electron chi connectivity index (χ2n) is 3.97. The maximum absolute atomic E-state index is 12.0. The Morgan fingerprint density at radius 1 is 1.47 bits per heavy atom. The van der Waals surface area contributed by atoms with Crippen molar-refractivity contribution < 1.29 is 14.8 Å². The second kappa shape index (κ2) is 4.50. The molecule has 1 aromatic rings. The Bertz CT molecular complexity index is 461. The number of benzene rings is 1. The number of amides is 1. The summed E-state index contributed by atoms with van der Waals surface area (Å²) >= 11 is 0. The predicted octanol–water partition coefficient (Wildman–Crippen LogP) is 0.802. The third kappa shape index (κ3) is 2.26. The predicted molar refractivity (Wildman–Crippen MR) is 59.6 cm³/mol. The molecule has 0 radical (unpaired) electrons. The summed E-state index contributed by atoms with van der Waals surface area (Å²) in [5.74, 6) is -0.395. The van der Waals surface area contributed by atoms with E-state index >= 15 is 0 Å². The number of aliphatic hydroxyl groups excluding tert-OH is 1. The smallest absolute Gasteiger partial charge is 0.282 e. The van der Waals surface area contributed by atoms with Gasteiger partial charge in [-0.15, -0.1) is 0 Å². The normalized spacial score (nSPS) is 19.4. The number of nitro groups is 1. The van der Waals surface area contributed by atoms with Gasteiger partial charge in [-0.2, -0.15) is 0 Å². The lowest BCUT2D eigenvalue weighted by Gasteiger charge is -2.15. The first-order chi connectivity index (χ1) is 8.09. The molecular weight excluding hydrogens is 224 g/mol. The molecule has 0 aromatic heterocycles. The molecule has 1 N–H and O–H groups in total. The summed E-state index contributed by atoms with van der Waals surface area (Å²) in [6.07, 6.45) is -0.00598. The first-order valence-electron chi connectivity index (χ1n) is 5.30. The van der Waals surface area contributed by atoms with Gasteiger partial charge in [0.2, 0.25) is 0 Å². The highest BCUT2D eigenvalue weighted by molar-refractivity contribution is 5.98. The number of aliphatic hydroxyl groups is 1. The zero-order valence-corrected chi connectivity index (χ0v) is 9.07. The Morgan fingerprint density at radius 2 is 2.18 bits per heavy atom. The number of hydrogen-bond acceptors (Lipinski definition) is 4. The molecule has 1 atom stereocenters. The molecule has 1 amide bonds. The average molecular weight is 236 g/mol. The second-order valence-corrected chi connectivity index (χ2v) is 3.97. The van der Waals surface area contributed by atoms with Gasteiger partial charge in [-0.05, 0) is 12.5 Å². The highest BCUT2D eigenvalue weighted by Gasteiger charge is 2.29. The van der Waals surface area contributed by atoms with Crippen LogP contribution in [0.25, 0.3) is 0 Å². The van der Waals surface area contributed by atoms with Crippen LogP contribution in [-0.2, 0) is 0 Å².